The quantitative estimate of drug-likeness (QED) is 0.923. The van der Waals surface area contributed by atoms with Crippen LogP contribution < -0.4 is 5.32 Å². The van der Waals surface area contributed by atoms with Crippen molar-refractivity contribution in [3.8, 4) is 0 Å². The van der Waals surface area contributed by atoms with Gasteiger partial charge in [0.15, 0.2) is 11.6 Å². The SMILES string of the molecule is Cc1ccc(CCNC(=O)c2ccc(F)c(F)c2)o1. The molecule has 0 fully saturated rings. The molecule has 0 aliphatic rings. The van der Waals surface area contributed by atoms with Crippen LogP contribution in [0.4, 0.5) is 8.78 Å². The number of carbonyl (C=O) groups is 1. The second kappa shape index (κ2) is 5.65. The Morgan fingerprint density at radius 1 is 1.21 bits per heavy atom. The van der Waals surface area contributed by atoms with Crippen molar-refractivity contribution in [1.82, 2.24) is 5.32 Å². The average molecular weight is 265 g/mol. The van der Waals surface area contributed by atoms with Crippen molar-refractivity contribution < 1.29 is 18.0 Å². The molecular weight excluding hydrogens is 252 g/mol. The van der Waals surface area contributed by atoms with Gasteiger partial charge in [-0.1, -0.05) is 0 Å². The minimum absolute atomic E-state index is 0.0922. The molecule has 3 nitrogen and oxygen atoms in total. The van der Waals surface area contributed by atoms with Crippen molar-refractivity contribution in [3.05, 3.63) is 59.1 Å². The molecule has 1 amide bonds. The average Bonchev–Trinajstić information content (AvgIpc) is 2.78. The Balaban J connectivity index is 1.89. The molecule has 0 saturated heterocycles. The van der Waals surface area contributed by atoms with Gasteiger partial charge in [-0.25, -0.2) is 8.78 Å². The molecule has 1 aromatic carbocycles. The monoisotopic (exact) mass is 265 g/mol. The van der Waals surface area contributed by atoms with E-state index in [1.807, 2.05) is 19.1 Å². The van der Waals surface area contributed by atoms with Gasteiger partial charge in [0.05, 0.1) is 0 Å². The van der Waals surface area contributed by atoms with Crippen LogP contribution >= 0.6 is 0 Å². The van der Waals surface area contributed by atoms with E-state index < -0.39 is 17.5 Å². The Bertz CT molecular complexity index is 593. The molecule has 2 rings (SSSR count). The van der Waals surface area contributed by atoms with Gasteiger partial charge in [0, 0.05) is 18.5 Å². The summed E-state index contributed by atoms with van der Waals surface area (Å²) >= 11 is 0. The van der Waals surface area contributed by atoms with Gasteiger partial charge in [0.2, 0.25) is 0 Å². The molecule has 0 aliphatic carbocycles. The molecule has 0 bridgehead atoms. The highest BCUT2D eigenvalue weighted by Crippen LogP contribution is 2.09. The molecule has 0 spiro atoms. The maximum absolute atomic E-state index is 13.0. The molecule has 19 heavy (non-hydrogen) atoms. The fourth-order valence-corrected chi connectivity index (χ4v) is 1.66. The third kappa shape index (κ3) is 3.40. The second-order valence-electron chi connectivity index (χ2n) is 4.15. The second-order valence-corrected chi connectivity index (χ2v) is 4.15. The number of amides is 1. The zero-order valence-electron chi connectivity index (χ0n) is 10.4. The number of aryl methyl sites for hydroxylation is 1. The molecule has 2 aromatic rings. The number of rotatable bonds is 4. The fourth-order valence-electron chi connectivity index (χ4n) is 1.66. The number of carbonyl (C=O) groups excluding carboxylic acids is 1. The summed E-state index contributed by atoms with van der Waals surface area (Å²) < 4.78 is 31.0. The zero-order chi connectivity index (χ0) is 13.8. The van der Waals surface area contributed by atoms with E-state index in [-0.39, 0.29) is 5.56 Å². The first-order valence-corrected chi connectivity index (χ1v) is 5.85. The van der Waals surface area contributed by atoms with Crippen molar-refractivity contribution in [1.29, 1.82) is 0 Å². The first-order chi connectivity index (χ1) is 9.06. The number of hydrogen-bond acceptors (Lipinski definition) is 2. The molecule has 100 valence electrons. The zero-order valence-corrected chi connectivity index (χ0v) is 10.4. The summed E-state index contributed by atoms with van der Waals surface area (Å²) in [5.74, 6) is -0.871. The molecule has 0 saturated carbocycles. The van der Waals surface area contributed by atoms with E-state index in [1.165, 1.54) is 6.07 Å². The van der Waals surface area contributed by atoms with Crippen molar-refractivity contribution >= 4 is 5.91 Å². The van der Waals surface area contributed by atoms with Crippen LogP contribution in [0.25, 0.3) is 0 Å². The van der Waals surface area contributed by atoms with Crippen molar-refractivity contribution in [2.75, 3.05) is 6.54 Å². The highest BCUT2D eigenvalue weighted by atomic mass is 19.2. The normalized spacial score (nSPS) is 10.5. The maximum Gasteiger partial charge on any atom is 0.251 e. The van der Waals surface area contributed by atoms with Crippen molar-refractivity contribution in [2.24, 2.45) is 0 Å². The number of hydrogen-bond donors (Lipinski definition) is 1. The smallest absolute Gasteiger partial charge is 0.251 e. The molecule has 0 unspecified atom stereocenters. The standard InChI is InChI=1S/C14H13F2NO2/c1-9-2-4-11(19-9)6-7-17-14(18)10-3-5-12(15)13(16)8-10/h2-5,8H,6-7H2,1H3,(H,17,18). The third-order valence-electron chi connectivity index (χ3n) is 2.63. The molecule has 0 atom stereocenters. The number of furan rings is 1. The third-order valence-corrected chi connectivity index (χ3v) is 2.63. The maximum atomic E-state index is 13.0. The van der Waals surface area contributed by atoms with E-state index >= 15 is 0 Å². The van der Waals surface area contributed by atoms with Gasteiger partial charge >= 0.3 is 0 Å². The van der Waals surface area contributed by atoms with Crippen LogP contribution in [0.15, 0.2) is 34.7 Å². The fraction of sp³-hybridized carbons (Fsp3) is 0.214. The van der Waals surface area contributed by atoms with Gasteiger partial charge in [-0.3, -0.25) is 4.79 Å². The van der Waals surface area contributed by atoms with Crippen LogP contribution in [-0.2, 0) is 6.42 Å². The van der Waals surface area contributed by atoms with Gasteiger partial charge in [-0.2, -0.15) is 0 Å². The topological polar surface area (TPSA) is 42.2 Å². The van der Waals surface area contributed by atoms with Gasteiger partial charge in [-0.15, -0.1) is 0 Å². The summed E-state index contributed by atoms with van der Waals surface area (Å²) in [5.41, 5.74) is 0.0922. The van der Waals surface area contributed by atoms with Gasteiger partial charge in [0.1, 0.15) is 11.5 Å². The molecule has 1 aromatic heterocycles. The van der Waals surface area contributed by atoms with Crippen molar-refractivity contribution in [3.63, 3.8) is 0 Å². The van der Waals surface area contributed by atoms with Crippen LogP contribution in [0.5, 0.6) is 0 Å². The molecule has 0 aliphatic heterocycles. The number of nitrogens with one attached hydrogen (secondary N) is 1. The van der Waals surface area contributed by atoms with E-state index in [9.17, 15) is 13.6 Å². The minimum Gasteiger partial charge on any atom is -0.466 e. The molecule has 1 heterocycles. The Kier molecular flexibility index (Phi) is 3.94. The van der Waals surface area contributed by atoms with Gasteiger partial charge < -0.3 is 9.73 Å². The highest BCUT2D eigenvalue weighted by molar-refractivity contribution is 5.94. The van der Waals surface area contributed by atoms with Gasteiger partial charge in [0.25, 0.3) is 5.91 Å². The van der Waals surface area contributed by atoms with E-state index in [4.69, 9.17) is 4.42 Å². The predicted octanol–water partition coefficient (Wildman–Crippen LogP) is 2.84. The minimum atomic E-state index is -1.03. The highest BCUT2D eigenvalue weighted by Gasteiger charge is 2.09. The van der Waals surface area contributed by atoms with Gasteiger partial charge in [-0.05, 0) is 37.3 Å². The first-order valence-electron chi connectivity index (χ1n) is 5.85. The predicted molar refractivity (Wildman–Crippen MR) is 65.8 cm³/mol. The number of halogens is 2. The van der Waals surface area contributed by atoms with Crippen LogP contribution in [0.1, 0.15) is 21.9 Å². The Morgan fingerprint density at radius 3 is 2.63 bits per heavy atom. The van der Waals surface area contributed by atoms with E-state index in [0.717, 1.165) is 23.7 Å². The number of benzene rings is 1. The molecule has 1 N–H and O–H groups in total. The lowest BCUT2D eigenvalue weighted by Crippen LogP contribution is -2.25. The first kappa shape index (κ1) is 13.3. The molecular formula is C14H13F2NO2. The summed E-state index contributed by atoms with van der Waals surface area (Å²) in [6.07, 6.45) is 0.545. The van der Waals surface area contributed by atoms with Crippen LogP contribution in [0.3, 0.4) is 0 Å². The Labute approximate surface area is 109 Å². The molecule has 0 radical (unpaired) electrons. The Hall–Kier alpha value is -2.17. The summed E-state index contributed by atoms with van der Waals surface area (Å²) in [4.78, 5) is 11.7. The Morgan fingerprint density at radius 2 is 2.00 bits per heavy atom. The lowest BCUT2D eigenvalue weighted by molar-refractivity contribution is 0.0953. The summed E-state index contributed by atoms with van der Waals surface area (Å²) in [6.45, 7) is 2.20. The lowest BCUT2D eigenvalue weighted by atomic mass is 10.2. The van der Waals surface area contributed by atoms with E-state index in [2.05, 4.69) is 5.32 Å². The van der Waals surface area contributed by atoms with E-state index in [0.29, 0.717) is 13.0 Å². The van der Waals surface area contributed by atoms with E-state index in [1.54, 1.807) is 0 Å². The summed E-state index contributed by atoms with van der Waals surface area (Å²) in [6, 6.07) is 6.72. The van der Waals surface area contributed by atoms with Crippen LogP contribution in [0, 0.1) is 18.6 Å². The summed E-state index contributed by atoms with van der Waals surface area (Å²) in [5, 5.41) is 2.62. The molecule has 5 heteroatoms. The largest absolute Gasteiger partial charge is 0.466 e. The lowest BCUT2D eigenvalue weighted by Gasteiger charge is -2.04. The van der Waals surface area contributed by atoms with Crippen LogP contribution in [-0.4, -0.2) is 12.5 Å². The van der Waals surface area contributed by atoms with Crippen LogP contribution in [0.2, 0.25) is 0 Å². The van der Waals surface area contributed by atoms with Crippen molar-refractivity contribution in [2.45, 2.75) is 13.3 Å². The summed E-state index contributed by atoms with van der Waals surface area (Å²) in [7, 11) is 0.